The Morgan fingerprint density at radius 3 is 2.29 bits per heavy atom. The summed E-state index contributed by atoms with van der Waals surface area (Å²) >= 11 is 0. The molecule has 0 aliphatic carbocycles. The van der Waals surface area contributed by atoms with Crippen LogP contribution in [-0.2, 0) is 24.8 Å². The van der Waals surface area contributed by atoms with Gasteiger partial charge in [-0.3, -0.25) is 4.79 Å². The van der Waals surface area contributed by atoms with Gasteiger partial charge in [0.25, 0.3) is 15.9 Å². The van der Waals surface area contributed by atoms with Crippen molar-refractivity contribution in [2.24, 2.45) is 0 Å². The molecule has 0 aromatic heterocycles. The van der Waals surface area contributed by atoms with E-state index in [2.05, 4.69) is 11.9 Å². The van der Waals surface area contributed by atoms with Crippen molar-refractivity contribution in [2.75, 3.05) is 11.6 Å². The molecule has 0 atom stereocenters. The van der Waals surface area contributed by atoms with Gasteiger partial charge in [0.05, 0.1) is 11.2 Å². The Balaban J connectivity index is 2.67. The average Bonchev–Trinajstić information content (AvgIpc) is 2.43. The molecule has 0 saturated carbocycles. The summed E-state index contributed by atoms with van der Waals surface area (Å²) in [6, 6.07) is 9.34. The zero-order valence-corrected chi connectivity index (χ0v) is 14.7. The molecule has 0 aliphatic rings. The van der Waals surface area contributed by atoms with E-state index < -0.39 is 26.0 Å². The maximum atomic E-state index is 12.4. The van der Waals surface area contributed by atoms with Gasteiger partial charge in [-0.2, -0.15) is 0 Å². The summed E-state index contributed by atoms with van der Waals surface area (Å²) in [4.78, 5) is 11.5. The highest BCUT2D eigenvalue weighted by molar-refractivity contribution is 8.04. The fraction of sp³-hybridized carbons (Fsp3) is 0.133. The number of nitrogens with one attached hydrogen (secondary N) is 2. The molecule has 0 saturated heterocycles. The second-order valence-electron chi connectivity index (χ2n) is 5.29. The van der Waals surface area contributed by atoms with Crippen LogP contribution in [0.3, 0.4) is 0 Å². The standard InChI is InChI=1S/C15H16N2O5S2/c1-10(2)15(18)16-12-8-11-6-4-5-7-13(11)14(9-12)24(21,22)17-23(3,19)20/h4-9,17H,1H2,2-3H3,(H,16,18). The minimum Gasteiger partial charge on any atom is -0.322 e. The lowest BCUT2D eigenvalue weighted by molar-refractivity contribution is -0.112. The highest BCUT2D eigenvalue weighted by Gasteiger charge is 2.23. The lowest BCUT2D eigenvalue weighted by Gasteiger charge is -2.12. The Bertz CT molecular complexity index is 1040. The Hall–Kier alpha value is -2.23. The number of rotatable bonds is 5. The molecule has 1 amide bonds. The van der Waals surface area contributed by atoms with Gasteiger partial charge >= 0.3 is 0 Å². The molecule has 2 N–H and O–H groups in total. The molecule has 0 spiro atoms. The highest BCUT2D eigenvalue weighted by atomic mass is 32.3. The first kappa shape index (κ1) is 18.1. The number of carbonyl (C=O) groups is 1. The van der Waals surface area contributed by atoms with E-state index in [-0.39, 0.29) is 16.2 Å². The largest absolute Gasteiger partial charge is 0.322 e. The van der Waals surface area contributed by atoms with Gasteiger partial charge in [-0.25, -0.2) is 16.8 Å². The van der Waals surface area contributed by atoms with Gasteiger partial charge in [-0.1, -0.05) is 30.8 Å². The van der Waals surface area contributed by atoms with E-state index in [9.17, 15) is 21.6 Å². The van der Waals surface area contributed by atoms with Crippen LogP contribution in [-0.4, -0.2) is 29.0 Å². The Labute approximate surface area is 140 Å². The predicted octanol–water partition coefficient (Wildman–Crippen LogP) is 1.59. The van der Waals surface area contributed by atoms with Crippen LogP contribution in [0.15, 0.2) is 53.4 Å². The molecule has 2 rings (SSSR count). The van der Waals surface area contributed by atoms with Crippen LogP contribution in [0.1, 0.15) is 6.92 Å². The quantitative estimate of drug-likeness (QED) is 0.779. The smallest absolute Gasteiger partial charge is 0.254 e. The van der Waals surface area contributed by atoms with E-state index in [1.165, 1.54) is 13.0 Å². The molecule has 9 heteroatoms. The van der Waals surface area contributed by atoms with Crippen LogP contribution in [0.25, 0.3) is 10.8 Å². The maximum Gasteiger partial charge on any atom is 0.254 e. The van der Waals surface area contributed by atoms with E-state index in [0.29, 0.717) is 10.8 Å². The molecule has 0 bridgehead atoms. The number of fused-ring (bicyclic) bond motifs is 1. The minimum absolute atomic E-state index is 0.218. The molecule has 0 aliphatic heterocycles. The summed E-state index contributed by atoms with van der Waals surface area (Å²) in [7, 11) is -8.32. The number of benzene rings is 2. The third kappa shape index (κ3) is 4.19. The number of sulfonamides is 2. The number of carbonyl (C=O) groups excluding carboxylic acids is 1. The van der Waals surface area contributed by atoms with Crippen molar-refractivity contribution in [3.63, 3.8) is 0 Å². The molecule has 0 unspecified atom stereocenters. The fourth-order valence-corrected chi connectivity index (χ4v) is 4.76. The first-order chi connectivity index (χ1) is 11.0. The maximum absolute atomic E-state index is 12.4. The van der Waals surface area contributed by atoms with Gasteiger partial charge in [0.15, 0.2) is 0 Å². The predicted molar refractivity (Wildman–Crippen MR) is 92.6 cm³/mol. The van der Waals surface area contributed by atoms with Crippen LogP contribution in [0.5, 0.6) is 0 Å². The van der Waals surface area contributed by atoms with E-state index in [1.807, 2.05) is 0 Å². The Kier molecular flexibility index (Phi) is 4.79. The van der Waals surface area contributed by atoms with Crippen molar-refractivity contribution in [3.8, 4) is 0 Å². The zero-order valence-electron chi connectivity index (χ0n) is 13.0. The zero-order chi connectivity index (χ0) is 18.1. The summed E-state index contributed by atoms with van der Waals surface area (Å²) in [5, 5.41) is 3.40. The van der Waals surface area contributed by atoms with Crippen LogP contribution < -0.4 is 9.44 Å². The van der Waals surface area contributed by atoms with Crippen molar-refractivity contribution >= 4 is 42.4 Å². The van der Waals surface area contributed by atoms with Crippen molar-refractivity contribution in [3.05, 3.63) is 48.6 Å². The monoisotopic (exact) mass is 368 g/mol. The van der Waals surface area contributed by atoms with Crippen LogP contribution in [0, 0.1) is 0 Å². The van der Waals surface area contributed by atoms with Crippen LogP contribution >= 0.6 is 0 Å². The number of hydrogen-bond acceptors (Lipinski definition) is 5. The summed E-state index contributed by atoms with van der Waals surface area (Å²) in [6.07, 6.45) is 0.749. The van der Waals surface area contributed by atoms with Crippen molar-refractivity contribution in [1.82, 2.24) is 4.13 Å². The second kappa shape index (κ2) is 6.34. The molecule has 2 aromatic carbocycles. The Morgan fingerprint density at radius 1 is 1.08 bits per heavy atom. The van der Waals surface area contributed by atoms with Gasteiger partial charge < -0.3 is 5.32 Å². The lowest BCUT2D eigenvalue weighted by atomic mass is 10.1. The number of anilines is 1. The average molecular weight is 368 g/mol. The topological polar surface area (TPSA) is 109 Å². The SMILES string of the molecule is C=C(C)C(=O)Nc1cc(S(=O)(=O)NS(C)(=O)=O)c2ccccc2c1. The second-order valence-corrected chi connectivity index (χ2v) is 8.95. The van der Waals surface area contributed by atoms with Gasteiger partial charge in [-0.05, 0) is 24.4 Å². The molecule has 0 fully saturated rings. The van der Waals surface area contributed by atoms with Crippen LogP contribution in [0.2, 0.25) is 0 Å². The molecule has 0 heterocycles. The number of amides is 1. The van der Waals surface area contributed by atoms with E-state index >= 15 is 0 Å². The molecule has 7 nitrogen and oxygen atoms in total. The van der Waals surface area contributed by atoms with Crippen molar-refractivity contribution in [2.45, 2.75) is 11.8 Å². The van der Waals surface area contributed by atoms with E-state index in [4.69, 9.17) is 0 Å². The van der Waals surface area contributed by atoms with E-state index in [0.717, 1.165) is 6.26 Å². The molecule has 0 radical (unpaired) electrons. The summed E-state index contributed by atoms with van der Waals surface area (Å²) in [5.74, 6) is -0.468. The van der Waals surface area contributed by atoms with Gasteiger partial charge in [0.1, 0.15) is 0 Å². The summed E-state index contributed by atoms with van der Waals surface area (Å²) in [6.45, 7) is 5.02. The molecule has 128 valence electrons. The number of hydrogen-bond donors (Lipinski definition) is 2. The third-order valence-electron chi connectivity index (χ3n) is 3.02. The normalized spacial score (nSPS) is 12.1. The highest BCUT2D eigenvalue weighted by Crippen LogP contribution is 2.28. The van der Waals surface area contributed by atoms with Gasteiger partial charge in [0.2, 0.25) is 10.0 Å². The first-order valence-electron chi connectivity index (χ1n) is 6.73. The first-order valence-corrected chi connectivity index (χ1v) is 10.1. The third-order valence-corrected chi connectivity index (χ3v) is 6.03. The summed E-state index contributed by atoms with van der Waals surface area (Å²) in [5.41, 5.74) is 0.470. The van der Waals surface area contributed by atoms with Crippen molar-refractivity contribution < 1.29 is 21.6 Å². The molecular weight excluding hydrogens is 352 g/mol. The lowest BCUT2D eigenvalue weighted by Crippen LogP contribution is -2.29. The van der Waals surface area contributed by atoms with E-state index in [1.54, 1.807) is 34.5 Å². The molecule has 24 heavy (non-hydrogen) atoms. The Morgan fingerprint density at radius 2 is 1.71 bits per heavy atom. The van der Waals surface area contributed by atoms with Crippen LogP contribution in [0.4, 0.5) is 5.69 Å². The minimum atomic E-state index is -4.33. The van der Waals surface area contributed by atoms with Gasteiger partial charge in [0, 0.05) is 16.6 Å². The van der Waals surface area contributed by atoms with Gasteiger partial charge in [-0.15, -0.1) is 4.13 Å². The fourth-order valence-electron chi connectivity index (χ4n) is 2.05. The summed E-state index contributed by atoms with van der Waals surface area (Å²) < 4.78 is 49.1. The van der Waals surface area contributed by atoms with Crippen molar-refractivity contribution in [1.29, 1.82) is 0 Å². The molecule has 2 aromatic rings. The molecular formula is C15H16N2O5S2.